The second-order valence-electron chi connectivity index (χ2n) is 4.26. The van der Waals surface area contributed by atoms with E-state index >= 15 is 0 Å². The number of ether oxygens (including phenoxy) is 1. The van der Waals surface area contributed by atoms with Crippen molar-refractivity contribution in [2.45, 2.75) is 39.0 Å². The molecule has 0 spiro atoms. The molecule has 0 saturated carbocycles. The normalized spacial score (nSPS) is 17.6. The second-order valence-corrected chi connectivity index (χ2v) is 4.26. The molecule has 0 amide bonds. The molecular weight excluding hydrogens is 204 g/mol. The Hall–Kier alpha value is -1.16. The van der Waals surface area contributed by atoms with E-state index in [9.17, 15) is 4.79 Å². The average molecular weight is 222 g/mol. The summed E-state index contributed by atoms with van der Waals surface area (Å²) in [6.45, 7) is 5.43. The van der Waals surface area contributed by atoms with Gasteiger partial charge in [-0.15, -0.1) is 0 Å². The molecule has 1 aromatic heterocycles. The van der Waals surface area contributed by atoms with Gasteiger partial charge in [-0.1, -0.05) is 6.92 Å². The van der Waals surface area contributed by atoms with E-state index < -0.39 is 0 Å². The first-order chi connectivity index (χ1) is 7.72. The van der Waals surface area contributed by atoms with Gasteiger partial charge in [0, 0.05) is 30.4 Å². The van der Waals surface area contributed by atoms with Crippen molar-refractivity contribution in [3.63, 3.8) is 0 Å². The SMILES string of the molecule is CCc1c(C)nc(C2CCOCC2)[nH]c1=O. The molecule has 4 nitrogen and oxygen atoms in total. The Bertz CT molecular complexity index is 420. The van der Waals surface area contributed by atoms with E-state index in [1.807, 2.05) is 13.8 Å². The fourth-order valence-corrected chi connectivity index (χ4v) is 2.21. The predicted octanol–water partition coefficient (Wildman–Crippen LogP) is 1.53. The van der Waals surface area contributed by atoms with Crippen LogP contribution in [-0.4, -0.2) is 23.2 Å². The van der Waals surface area contributed by atoms with Gasteiger partial charge in [0.2, 0.25) is 0 Å². The molecule has 1 aromatic rings. The van der Waals surface area contributed by atoms with E-state index in [-0.39, 0.29) is 5.56 Å². The summed E-state index contributed by atoms with van der Waals surface area (Å²) in [5.41, 5.74) is 1.69. The summed E-state index contributed by atoms with van der Waals surface area (Å²) in [6, 6.07) is 0. The summed E-state index contributed by atoms with van der Waals surface area (Å²) in [5, 5.41) is 0. The van der Waals surface area contributed by atoms with Crippen LogP contribution >= 0.6 is 0 Å². The quantitative estimate of drug-likeness (QED) is 0.825. The van der Waals surface area contributed by atoms with Crippen LogP contribution in [0, 0.1) is 6.92 Å². The number of nitrogens with zero attached hydrogens (tertiary/aromatic N) is 1. The zero-order valence-electron chi connectivity index (χ0n) is 9.88. The first-order valence-electron chi connectivity index (χ1n) is 5.89. The third-order valence-corrected chi connectivity index (χ3v) is 3.20. The van der Waals surface area contributed by atoms with Gasteiger partial charge in [0.05, 0.1) is 0 Å². The Morgan fingerprint density at radius 3 is 2.69 bits per heavy atom. The molecule has 16 heavy (non-hydrogen) atoms. The van der Waals surface area contributed by atoms with Crippen LogP contribution in [0.15, 0.2) is 4.79 Å². The molecule has 2 heterocycles. The highest BCUT2D eigenvalue weighted by molar-refractivity contribution is 5.17. The summed E-state index contributed by atoms with van der Waals surface area (Å²) < 4.78 is 5.31. The summed E-state index contributed by atoms with van der Waals surface area (Å²) in [4.78, 5) is 19.2. The van der Waals surface area contributed by atoms with Crippen molar-refractivity contribution < 1.29 is 4.74 Å². The van der Waals surface area contributed by atoms with Crippen LogP contribution in [0.4, 0.5) is 0 Å². The monoisotopic (exact) mass is 222 g/mol. The topological polar surface area (TPSA) is 55.0 Å². The molecule has 0 aromatic carbocycles. The van der Waals surface area contributed by atoms with Crippen molar-refractivity contribution in [2.24, 2.45) is 0 Å². The first kappa shape index (κ1) is 11.3. The molecule has 4 heteroatoms. The molecule has 0 unspecified atom stereocenters. The van der Waals surface area contributed by atoms with Crippen LogP contribution in [0.25, 0.3) is 0 Å². The van der Waals surface area contributed by atoms with Crippen LogP contribution in [0.2, 0.25) is 0 Å². The van der Waals surface area contributed by atoms with E-state index in [2.05, 4.69) is 9.97 Å². The number of nitrogens with one attached hydrogen (secondary N) is 1. The van der Waals surface area contributed by atoms with Crippen LogP contribution in [0.5, 0.6) is 0 Å². The van der Waals surface area contributed by atoms with Crippen molar-refractivity contribution in [3.8, 4) is 0 Å². The Labute approximate surface area is 95.1 Å². The highest BCUT2D eigenvalue weighted by atomic mass is 16.5. The molecule has 2 rings (SSSR count). The average Bonchev–Trinajstić information content (AvgIpc) is 2.30. The molecule has 0 aliphatic carbocycles. The maximum absolute atomic E-state index is 11.8. The number of aromatic amines is 1. The lowest BCUT2D eigenvalue weighted by atomic mass is 9.99. The smallest absolute Gasteiger partial charge is 0.254 e. The van der Waals surface area contributed by atoms with E-state index in [1.54, 1.807) is 0 Å². The van der Waals surface area contributed by atoms with Crippen molar-refractivity contribution in [1.29, 1.82) is 0 Å². The fraction of sp³-hybridized carbons (Fsp3) is 0.667. The van der Waals surface area contributed by atoms with Crippen LogP contribution in [0.1, 0.15) is 42.8 Å². The van der Waals surface area contributed by atoms with Crippen LogP contribution in [-0.2, 0) is 11.2 Å². The van der Waals surface area contributed by atoms with Crippen molar-refractivity contribution in [3.05, 3.63) is 27.4 Å². The summed E-state index contributed by atoms with van der Waals surface area (Å²) in [7, 11) is 0. The lowest BCUT2D eigenvalue weighted by molar-refractivity contribution is 0.0835. The molecule has 0 bridgehead atoms. The third-order valence-electron chi connectivity index (χ3n) is 3.20. The maximum Gasteiger partial charge on any atom is 0.254 e. The minimum Gasteiger partial charge on any atom is -0.381 e. The zero-order valence-corrected chi connectivity index (χ0v) is 9.88. The lowest BCUT2D eigenvalue weighted by Crippen LogP contribution is -2.23. The first-order valence-corrected chi connectivity index (χ1v) is 5.89. The van der Waals surface area contributed by atoms with Gasteiger partial charge in [-0.3, -0.25) is 4.79 Å². The van der Waals surface area contributed by atoms with E-state index in [1.165, 1.54) is 0 Å². The Morgan fingerprint density at radius 2 is 2.12 bits per heavy atom. The van der Waals surface area contributed by atoms with Gasteiger partial charge in [-0.2, -0.15) is 0 Å². The number of rotatable bonds is 2. The van der Waals surface area contributed by atoms with Gasteiger partial charge in [0.15, 0.2) is 0 Å². The lowest BCUT2D eigenvalue weighted by Gasteiger charge is -2.21. The maximum atomic E-state index is 11.8. The summed E-state index contributed by atoms with van der Waals surface area (Å²) >= 11 is 0. The standard InChI is InChI=1S/C12H18N2O2/c1-3-10-8(2)13-11(14-12(10)15)9-4-6-16-7-5-9/h9H,3-7H2,1-2H3,(H,13,14,15). The van der Waals surface area contributed by atoms with Gasteiger partial charge in [0.25, 0.3) is 5.56 Å². The zero-order chi connectivity index (χ0) is 11.5. The summed E-state index contributed by atoms with van der Waals surface area (Å²) in [6.07, 6.45) is 2.64. The Balaban J connectivity index is 2.31. The largest absolute Gasteiger partial charge is 0.381 e. The Morgan fingerprint density at radius 1 is 1.44 bits per heavy atom. The molecule has 1 fully saturated rings. The van der Waals surface area contributed by atoms with Crippen molar-refractivity contribution in [2.75, 3.05) is 13.2 Å². The highest BCUT2D eigenvalue weighted by Crippen LogP contribution is 2.23. The van der Waals surface area contributed by atoms with Gasteiger partial charge in [-0.05, 0) is 26.2 Å². The highest BCUT2D eigenvalue weighted by Gasteiger charge is 2.19. The van der Waals surface area contributed by atoms with Crippen LogP contribution in [0.3, 0.4) is 0 Å². The molecule has 1 aliphatic heterocycles. The fourth-order valence-electron chi connectivity index (χ4n) is 2.21. The second kappa shape index (κ2) is 4.78. The van der Waals surface area contributed by atoms with Crippen molar-refractivity contribution >= 4 is 0 Å². The minimum atomic E-state index is 0.0245. The minimum absolute atomic E-state index is 0.0245. The van der Waals surface area contributed by atoms with Gasteiger partial charge >= 0.3 is 0 Å². The van der Waals surface area contributed by atoms with Crippen LogP contribution < -0.4 is 5.56 Å². The number of H-pyrrole nitrogens is 1. The molecule has 0 atom stereocenters. The number of hydrogen-bond acceptors (Lipinski definition) is 3. The van der Waals surface area contributed by atoms with E-state index in [4.69, 9.17) is 4.74 Å². The number of aryl methyl sites for hydroxylation is 1. The van der Waals surface area contributed by atoms with Gasteiger partial charge < -0.3 is 9.72 Å². The summed E-state index contributed by atoms with van der Waals surface area (Å²) in [5.74, 6) is 1.19. The third kappa shape index (κ3) is 2.16. The predicted molar refractivity (Wildman–Crippen MR) is 61.8 cm³/mol. The molecule has 1 aliphatic rings. The van der Waals surface area contributed by atoms with Crippen molar-refractivity contribution in [1.82, 2.24) is 9.97 Å². The van der Waals surface area contributed by atoms with Gasteiger partial charge in [0.1, 0.15) is 5.82 Å². The molecular formula is C12H18N2O2. The molecule has 1 N–H and O–H groups in total. The molecule has 88 valence electrons. The molecule has 0 radical (unpaired) electrons. The Kier molecular flexibility index (Phi) is 3.39. The van der Waals surface area contributed by atoms with E-state index in [0.29, 0.717) is 5.92 Å². The molecule has 1 saturated heterocycles. The number of hydrogen-bond donors (Lipinski definition) is 1. The number of aromatic nitrogens is 2. The van der Waals surface area contributed by atoms with E-state index in [0.717, 1.165) is 49.6 Å². The van der Waals surface area contributed by atoms with Gasteiger partial charge in [-0.25, -0.2) is 4.98 Å².